The minimum Gasteiger partial charge on any atom is -0.480 e. The molecule has 3 rings (SSSR count). The van der Waals surface area contributed by atoms with E-state index in [1.165, 1.54) is 0 Å². The van der Waals surface area contributed by atoms with E-state index in [1.807, 2.05) is 29.2 Å². The van der Waals surface area contributed by atoms with Crippen molar-refractivity contribution in [2.45, 2.75) is 31.9 Å². The summed E-state index contributed by atoms with van der Waals surface area (Å²) in [5.41, 5.74) is 1.12. The van der Waals surface area contributed by atoms with Crippen molar-refractivity contribution in [3.8, 4) is 5.75 Å². The van der Waals surface area contributed by atoms with Gasteiger partial charge in [-0.15, -0.1) is 0 Å². The standard InChI is InChI=1S/C15H20N2O2/c1-15(2)10-17(8-7-16-15)14(18)13-9-11-5-3-4-6-12(11)19-13/h3-6,13,16H,7-10H2,1-2H3. The molecule has 1 amide bonds. The molecule has 1 N–H and O–H groups in total. The lowest BCUT2D eigenvalue weighted by Gasteiger charge is -2.39. The summed E-state index contributed by atoms with van der Waals surface area (Å²) in [4.78, 5) is 14.5. The zero-order chi connectivity index (χ0) is 13.5. The smallest absolute Gasteiger partial charge is 0.264 e. The number of amides is 1. The Bertz CT molecular complexity index is 474. The third kappa shape index (κ3) is 2.45. The minimum absolute atomic E-state index is 0.0145. The summed E-state index contributed by atoms with van der Waals surface area (Å²) in [7, 11) is 0. The number of rotatable bonds is 1. The second-order valence-corrected chi connectivity index (χ2v) is 5.99. The summed E-state index contributed by atoms with van der Waals surface area (Å²) in [5.74, 6) is 0.973. The lowest BCUT2D eigenvalue weighted by Crippen LogP contribution is -2.60. The third-order valence-corrected chi connectivity index (χ3v) is 3.81. The van der Waals surface area contributed by atoms with Gasteiger partial charge < -0.3 is 15.0 Å². The summed E-state index contributed by atoms with van der Waals surface area (Å²) < 4.78 is 5.78. The van der Waals surface area contributed by atoms with Gasteiger partial charge in [0.05, 0.1) is 0 Å². The number of piperazine rings is 1. The Kier molecular flexibility index (Phi) is 2.97. The summed E-state index contributed by atoms with van der Waals surface area (Å²) in [6, 6.07) is 7.90. The predicted octanol–water partition coefficient (Wildman–Crippen LogP) is 1.20. The maximum atomic E-state index is 12.5. The van der Waals surface area contributed by atoms with Crippen molar-refractivity contribution in [2.75, 3.05) is 19.6 Å². The Labute approximate surface area is 113 Å². The van der Waals surface area contributed by atoms with Crippen LogP contribution in [0.4, 0.5) is 0 Å². The number of nitrogens with zero attached hydrogens (tertiary/aromatic N) is 1. The SMILES string of the molecule is CC1(C)CN(C(=O)C2Cc3ccccc3O2)CCN1. The van der Waals surface area contributed by atoms with E-state index in [9.17, 15) is 4.79 Å². The molecule has 0 aliphatic carbocycles. The quantitative estimate of drug-likeness (QED) is 0.825. The highest BCUT2D eigenvalue weighted by Crippen LogP contribution is 2.29. The zero-order valence-electron chi connectivity index (χ0n) is 11.5. The highest BCUT2D eigenvalue weighted by molar-refractivity contribution is 5.83. The van der Waals surface area contributed by atoms with Crippen LogP contribution in [0.3, 0.4) is 0 Å². The molecule has 1 aromatic carbocycles. The highest BCUT2D eigenvalue weighted by atomic mass is 16.5. The maximum absolute atomic E-state index is 12.5. The Morgan fingerprint density at radius 1 is 1.42 bits per heavy atom. The average molecular weight is 260 g/mol. The molecule has 1 saturated heterocycles. The van der Waals surface area contributed by atoms with Crippen molar-refractivity contribution in [1.29, 1.82) is 0 Å². The Morgan fingerprint density at radius 2 is 2.21 bits per heavy atom. The average Bonchev–Trinajstić information content (AvgIpc) is 2.80. The van der Waals surface area contributed by atoms with Crippen LogP contribution in [0.2, 0.25) is 0 Å². The molecule has 0 aromatic heterocycles. The van der Waals surface area contributed by atoms with E-state index < -0.39 is 0 Å². The summed E-state index contributed by atoms with van der Waals surface area (Å²) in [6.45, 7) is 6.59. The summed E-state index contributed by atoms with van der Waals surface area (Å²) >= 11 is 0. The van der Waals surface area contributed by atoms with Crippen LogP contribution in [0.1, 0.15) is 19.4 Å². The molecule has 0 saturated carbocycles. The molecule has 2 aliphatic heterocycles. The van der Waals surface area contributed by atoms with Gasteiger partial charge in [-0.25, -0.2) is 0 Å². The molecule has 4 heteroatoms. The van der Waals surface area contributed by atoms with Crippen LogP contribution < -0.4 is 10.1 Å². The fourth-order valence-electron chi connectivity index (χ4n) is 2.85. The van der Waals surface area contributed by atoms with Gasteiger partial charge in [0.25, 0.3) is 5.91 Å². The van der Waals surface area contributed by atoms with Gasteiger partial charge in [-0.1, -0.05) is 18.2 Å². The van der Waals surface area contributed by atoms with Crippen molar-refractivity contribution >= 4 is 5.91 Å². The number of fused-ring (bicyclic) bond motifs is 1. The second-order valence-electron chi connectivity index (χ2n) is 5.99. The molecule has 102 valence electrons. The van der Waals surface area contributed by atoms with E-state index in [1.54, 1.807) is 0 Å². The number of carbonyl (C=O) groups is 1. The zero-order valence-corrected chi connectivity index (χ0v) is 11.5. The topological polar surface area (TPSA) is 41.6 Å². The first kappa shape index (κ1) is 12.5. The molecule has 1 fully saturated rings. The number of carbonyl (C=O) groups excluding carboxylic acids is 1. The molecule has 1 aromatic rings. The lowest BCUT2D eigenvalue weighted by atomic mass is 10.0. The van der Waals surface area contributed by atoms with Gasteiger partial charge in [-0.3, -0.25) is 4.79 Å². The molecule has 0 spiro atoms. The first-order valence-corrected chi connectivity index (χ1v) is 6.83. The Morgan fingerprint density at radius 3 is 2.95 bits per heavy atom. The van der Waals surface area contributed by atoms with Gasteiger partial charge in [-0.05, 0) is 25.5 Å². The first-order valence-electron chi connectivity index (χ1n) is 6.83. The van der Waals surface area contributed by atoms with Crippen molar-refractivity contribution < 1.29 is 9.53 Å². The van der Waals surface area contributed by atoms with Crippen molar-refractivity contribution in [1.82, 2.24) is 10.2 Å². The summed E-state index contributed by atoms with van der Waals surface area (Å²) in [5, 5.41) is 3.42. The molecule has 1 unspecified atom stereocenters. The number of ether oxygens (including phenoxy) is 1. The highest BCUT2D eigenvalue weighted by Gasteiger charge is 2.36. The van der Waals surface area contributed by atoms with E-state index in [0.717, 1.165) is 30.9 Å². The number of hydrogen-bond acceptors (Lipinski definition) is 3. The number of hydrogen-bond donors (Lipinski definition) is 1. The van der Waals surface area contributed by atoms with Crippen LogP contribution in [0, 0.1) is 0 Å². The molecule has 19 heavy (non-hydrogen) atoms. The first-order chi connectivity index (χ1) is 9.05. The van der Waals surface area contributed by atoms with Crippen LogP contribution >= 0.6 is 0 Å². The van der Waals surface area contributed by atoms with E-state index in [0.29, 0.717) is 6.42 Å². The maximum Gasteiger partial charge on any atom is 0.264 e. The molecule has 1 atom stereocenters. The largest absolute Gasteiger partial charge is 0.480 e. The van der Waals surface area contributed by atoms with Crippen LogP contribution in [-0.4, -0.2) is 42.1 Å². The molecule has 0 bridgehead atoms. The molecular formula is C15H20N2O2. The number of benzene rings is 1. The normalized spacial score (nSPS) is 24.7. The molecule has 2 heterocycles. The van der Waals surface area contributed by atoms with Gasteiger partial charge in [-0.2, -0.15) is 0 Å². The van der Waals surface area contributed by atoms with E-state index in [2.05, 4.69) is 19.2 Å². The fourth-order valence-corrected chi connectivity index (χ4v) is 2.85. The Hall–Kier alpha value is -1.55. The van der Waals surface area contributed by atoms with Crippen molar-refractivity contribution in [3.63, 3.8) is 0 Å². The molecule has 0 radical (unpaired) electrons. The molecule has 2 aliphatic rings. The van der Waals surface area contributed by atoms with Gasteiger partial charge in [0, 0.05) is 31.6 Å². The number of para-hydroxylation sites is 1. The Balaban J connectivity index is 1.70. The van der Waals surface area contributed by atoms with Crippen LogP contribution in [0.5, 0.6) is 5.75 Å². The molecular weight excluding hydrogens is 240 g/mol. The third-order valence-electron chi connectivity index (χ3n) is 3.81. The minimum atomic E-state index is -0.341. The van der Waals surface area contributed by atoms with Gasteiger partial charge in [0.1, 0.15) is 5.75 Å². The van der Waals surface area contributed by atoms with Crippen molar-refractivity contribution in [3.05, 3.63) is 29.8 Å². The number of nitrogens with one attached hydrogen (secondary N) is 1. The predicted molar refractivity (Wildman–Crippen MR) is 73.2 cm³/mol. The van der Waals surface area contributed by atoms with Gasteiger partial charge >= 0.3 is 0 Å². The van der Waals surface area contributed by atoms with E-state index in [-0.39, 0.29) is 17.6 Å². The van der Waals surface area contributed by atoms with E-state index in [4.69, 9.17) is 4.74 Å². The van der Waals surface area contributed by atoms with E-state index >= 15 is 0 Å². The van der Waals surface area contributed by atoms with Gasteiger partial charge in [0.15, 0.2) is 6.10 Å². The van der Waals surface area contributed by atoms with Crippen LogP contribution in [-0.2, 0) is 11.2 Å². The summed E-state index contributed by atoms with van der Waals surface area (Å²) in [6.07, 6.45) is 0.352. The molecule has 4 nitrogen and oxygen atoms in total. The van der Waals surface area contributed by atoms with Crippen LogP contribution in [0.25, 0.3) is 0 Å². The van der Waals surface area contributed by atoms with Gasteiger partial charge in [0.2, 0.25) is 0 Å². The lowest BCUT2D eigenvalue weighted by molar-refractivity contribution is -0.140. The monoisotopic (exact) mass is 260 g/mol. The van der Waals surface area contributed by atoms with Crippen LogP contribution in [0.15, 0.2) is 24.3 Å². The van der Waals surface area contributed by atoms with Crippen molar-refractivity contribution in [2.24, 2.45) is 0 Å². The fraction of sp³-hybridized carbons (Fsp3) is 0.533. The second kappa shape index (κ2) is 4.53.